The molecule has 7 heteroatoms. The van der Waals surface area contributed by atoms with Gasteiger partial charge in [0.25, 0.3) is 5.56 Å². The van der Waals surface area contributed by atoms with E-state index in [-0.39, 0.29) is 16.5 Å². The molecule has 0 aliphatic rings. The Morgan fingerprint density at radius 2 is 2.00 bits per heavy atom. The molecule has 0 saturated heterocycles. The summed E-state index contributed by atoms with van der Waals surface area (Å²) in [5.74, 6) is -0.631. The van der Waals surface area contributed by atoms with E-state index in [0.29, 0.717) is 23.4 Å². The zero-order valence-corrected chi connectivity index (χ0v) is 12.2. The molecule has 0 spiro atoms. The molecule has 2 rings (SSSR count). The Morgan fingerprint density at radius 3 is 2.64 bits per heavy atom. The Bertz CT molecular complexity index is 713. The van der Waals surface area contributed by atoms with Crippen LogP contribution < -0.4 is 15.9 Å². The Balaban J connectivity index is 2.04. The van der Waals surface area contributed by atoms with Crippen molar-refractivity contribution in [2.75, 3.05) is 6.54 Å². The molecule has 1 heterocycles. The van der Waals surface area contributed by atoms with Crippen molar-refractivity contribution < 1.29 is 19.5 Å². The largest absolute Gasteiger partial charge is 0.492 e. The van der Waals surface area contributed by atoms with Gasteiger partial charge in [0.2, 0.25) is 5.88 Å². The number of nitrogens with zero attached hydrogens (tertiary/aromatic N) is 1. The summed E-state index contributed by atoms with van der Waals surface area (Å²) in [7, 11) is 0. The van der Waals surface area contributed by atoms with E-state index in [1.54, 1.807) is 13.8 Å². The van der Waals surface area contributed by atoms with E-state index in [1.807, 2.05) is 0 Å². The Morgan fingerprint density at radius 1 is 1.36 bits per heavy atom. The lowest BCUT2D eigenvalue weighted by molar-refractivity contribution is 0.139. The van der Waals surface area contributed by atoms with E-state index in [0.717, 1.165) is 0 Å². The van der Waals surface area contributed by atoms with Crippen LogP contribution in [0.3, 0.4) is 0 Å². The first kappa shape index (κ1) is 15.8. The molecule has 0 fully saturated rings. The number of halogens is 1. The zero-order valence-electron chi connectivity index (χ0n) is 12.2. The highest BCUT2D eigenvalue weighted by molar-refractivity contribution is 5.36. The minimum absolute atomic E-state index is 0.208. The number of benzene rings is 1. The van der Waals surface area contributed by atoms with Crippen molar-refractivity contribution >= 4 is 0 Å². The van der Waals surface area contributed by atoms with E-state index in [4.69, 9.17) is 4.84 Å². The summed E-state index contributed by atoms with van der Waals surface area (Å²) in [5.41, 5.74) is 3.03. The average Bonchev–Trinajstić information content (AvgIpc) is 2.47. The van der Waals surface area contributed by atoms with E-state index in [2.05, 4.69) is 5.48 Å². The molecule has 118 valence electrons. The van der Waals surface area contributed by atoms with Crippen molar-refractivity contribution in [1.29, 1.82) is 0 Å². The molecule has 6 nitrogen and oxygen atoms in total. The summed E-state index contributed by atoms with van der Waals surface area (Å²) in [6, 6.07) is 6.75. The fourth-order valence-electron chi connectivity index (χ4n) is 2.18. The molecule has 1 atom stereocenters. The minimum Gasteiger partial charge on any atom is -0.492 e. The lowest BCUT2D eigenvalue weighted by Gasteiger charge is -2.17. The van der Waals surface area contributed by atoms with E-state index in [9.17, 15) is 19.5 Å². The maximum Gasteiger partial charge on any atom is 0.286 e. The SMILES string of the molecule is Cc1cc(=O)n(O)c(O)c1C(C)CNOc1ccc(F)cc1. The van der Waals surface area contributed by atoms with Crippen LogP contribution in [0.1, 0.15) is 24.0 Å². The Labute approximate surface area is 126 Å². The van der Waals surface area contributed by atoms with Crippen molar-refractivity contribution in [3.63, 3.8) is 0 Å². The highest BCUT2D eigenvalue weighted by Gasteiger charge is 2.18. The monoisotopic (exact) mass is 308 g/mol. The molecule has 22 heavy (non-hydrogen) atoms. The molecule has 3 N–H and O–H groups in total. The molecule has 0 aliphatic carbocycles. The molecule has 0 radical (unpaired) electrons. The van der Waals surface area contributed by atoms with Crippen LogP contribution in [-0.4, -0.2) is 21.6 Å². The van der Waals surface area contributed by atoms with Gasteiger partial charge in [0.1, 0.15) is 11.6 Å². The fourth-order valence-corrected chi connectivity index (χ4v) is 2.18. The highest BCUT2D eigenvalue weighted by Crippen LogP contribution is 2.26. The van der Waals surface area contributed by atoms with E-state index in [1.165, 1.54) is 30.3 Å². The van der Waals surface area contributed by atoms with Crippen LogP contribution in [0.2, 0.25) is 0 Å². The second-order valence-electron chi connectivity index (χ2n) is 5.02. The second-order valence-corrected chi connectivity index (χ2v) is 5.02. The third-order valence-electron chi connectivity index (χ3n) is 3.30. The lowest BCUT2D eigenvalue weighted by atomic mass is 9.98. The third kappa shape index (κ3) is 3.37. The number of aryl methyl sites for hydroxylation is 1. The number of rotatable bonds is 5. The fraction of sp³-hybridized carbons (Fsp3) is 0.267. The van der Waals surface area contributed by atoms with Gasteiger partial charge < -0.3 is 15.2 Å². The summed E-state index contributed by atoms with van der Waals surface area (Å²) >= 11 is 0. The number of hydrogen-bond acceptors (Lipinski definition) is 5. The summed E-state index contributed by atoms with van der Waals surface area (Å²) in [6.45, 7) is 3.78. The lowest BCUT2D eigenvalue weighted by Crippen LogP contribution is -2.26. The maximum atomic E-state index is 12.8. The molecule has 0 aliphatic heterocycles. The van der Waals surface area contributed by atoms with Crippen LogP contribution >= 0.6 is 0 Å². The minimum atomic E-state index is -0.693. The Hall–Kier alpha value is -2.54. The standard InChI is InChI=1S/C15H17FN2O4/c1-9-7-13(19)18(21)15(20)14(9)10(2)8-17-22-12-5-3-11(16)4-6-12/h3-7,10,17,20-21H,8H2,1-2H3. The van der Waals surface area contributed by atoms with Crippen LogP contribution in [0.15, 0.2) is 35.1 Å². The molecule has 0 bridgehead atoms. The Kier molecular flexibility index (Phi) is 4.67. The van der Waals surface area contributed by atoms with E-state index >= 15 is 0 Å². The van der Waals surface area contributed by atoms with E-state index < -0.39 is 11.4 Å². The molecule has 1 aromatic carbocycles. The van der Waals surface area contributed by atoms with Crippen molar-refractivity contribution in [2.24, 2.45) is 0 Å². The first-order valence-electron chi connectivity index (χ1n) is 6.70. The van der Waals surface area contributed by atoms with Gasteiger partial charge in [-0.05, 0) is 36.8 Å². The molecular formula is C15H17FN2O4. The first-order chi connectivity index (χ1) is 10.4. The quantitative estimate of drug-likeness (QED) is 0.580. The van der Waals surface area contributed by atoms with Crippen LogP contribution in [0.25, 0.3) is 0 Å². The zero-order chi connectivity index (χ0) is 16.3. The smallest absolute Gasteiger partial charge is 0.286 e. The normalized spacial score (nSPS) is 12.1. The molecular weight excluding hydrogens is 291 g/mol. The number of pyridine rings is 1. The molecule has 1 unspecified atom stereocenters. The van der Waals surface area contributed by atoms with Crippen LogP contribution in [-0.2, 0) is 0 Å². The van der Waals surface area contributed by atoms with Gasteiger partial charge in [-0.15, -0.1) is 4.73 Å². The highest BCUT2D eigenvalue weighted by atomic mass is 19.1. The number of aromatic hydroxyl groups is 1. The molecule has 0 amide bonds. The van der Waals surface area contributed by atoms with Gasteiger partial charge in [0, 0.05) is 24.1 Å². The van der Waals surface area contributed by atoms with Gasteiger partial charge in [-0.25, -0.2) is 4.39 Å². The van der Waals surface area contributed by atoms with Crippen LogP contribution in [0.4, 0.5) is 4.39 Å². The maximum absolute atomic E-state index is 12.8. The predicted molar refractivity (Wildman–Crippen MR) is 77.7 cm³/mol. The number of nitrogens with one attached hydrogen (secondary N) is 1. The number of aromatic nitrogens is 1. The summed E-state index contributed by atoms with van der Waals surface area (Å²) in [5, 5.41) is 19.3. The summed E-state index contributed by atoms with van der Waals surface area (Å²) in [6.07, 6.45) is 0. The predicted octanol–water partition coefficient (Wildman–Crippen LogP) is 1.93. The first-order valence-corrected chi connectivity index (χ1v) is 6.70. The van der Waals surface area contributed by atoms with Crippen molar-refractivity contribution in [3.8, 4) is 11.6 Å². The average molecular weight is 308 g/mol. The summed E-state index contributed by atoms with van der Waals surface area (Å²) < 4.78 is 13.0. The molecule has 2 aromatic rings. The van der Waals surface area contributed by atoms with Gasteiger partial charge in [-0.3, -0.25) is 4.79 Å². The van der Waals surface area contributed by atoms with Gasteiger partial charge >= 0.3 is 0 Å². The third-order valence-corrected chi connectivity index (χ3v) is 3.30. The van der Waals surface area contributed by atoms with Gasteiger partial charge in [-0.2, -0.15) is 5.48 Å². The summed E-state index contributed by atoms with van der Waals surface area (Å²) in [4.78, 5) is 16.6. The number of hydroxylamine groups is 1. The molecule has 1 aromatic heterocycles. The second kappa shape index (κ2) is 6.48. The van der Waals surface area contributed by atoms with Crippen molar-refractivity contribution in [3.05, 3.63) is 57.6 Å². The van der Waals surface area contributed by atoms with Crippen molar-refractivity contribution in [1.82, 2.24) is 10.2 Å². The van der Waals surface area contributed by atoms with Gasteiger partial charge in [0.15, 0.2) is 0 Å². The topological polar surface area (TPSA) is 83.7 Å². The number of hydrogen-bond donors (Lipinski definition) is 3. The van der Waals surface area contributed by atoms with Crippen LogP contribution in [0, 0.1) is 12.7 Å². The molecule has 0 saturated carbocycles. The van der Waals surface area contributed by atoms with Crippen molar-refractivity contribution in [2.45, 2.75) is 19.8 Å². The van der Waals surface area contributed by atoms with Gasteiger partial charge in [-0.1, -0.05) is 6.92 Å². The van der Waals surface area contributed by atoms with Crippen LogP contribution in [0.5, 0.6) is 11.6 Å². The van der Waals surface area contributed by atoms with Gasteiger partial charge in [0.05, 0.1) is 0 Å².